The van der Waals surface area contributed by atoms with E-state index in [1.807, 2.05) is 32.3 Å². The van der Waals surface area contributed by atoms with Crippen molar-refractivity contribution in [1.82, 2.24) is 25.0 Å². The van der Waals surface area contributed by atoms with Crippen LogP contribution in [0, 0.1) is 5.41 Å². The lowest BCUT2D eigenvalue weighted by molar-refractivity contribution is 0.0855. The van der Waals surface area contributed by atoms with Crippen LogP contribution in [0.1, 0.15) is 40.2 Å². The zero-order valence-corrected chi connectivity index (χ0v) is 20.1. The third-order valence-corrected chi connectivity index (χ3v) is 6.56. The first-order valence-electron chi connectivity index (χ1n) is 11.7. The van der Waals surface area contributed by atoms with Crippen molar-refractivity contribution in [3.63, 3.8) is 0 Å². The van der Waals surface area contributed by atoms with E-state index in [0.29, 0.717) is 34.7 Å². The van der Waals surface area contributed by atoms with Crippen LogP contribution in [0.2, 0.25) is 0 Å². The molecule has 1 aromatic heterocycles. The molecule has 2 aromatic carbocycles. The summed E-state index contributed by atoms with van der Waals surface area (Å²) in [6.07, 6.45) is 3.49. The molecule has 2 fully saturated rings. The van der Waals surface area contributed by atoms with Gasteiger partial charge in [-0.15, -0.1) is 5.10 Å². The minimum Gasteiger partial charge on any atom is -0.496 e. The second-order valence-corrected chi connectivity index (χ2v) is 9.26. The summed E-state index contributed by atoms with van der Waals surface area (Å²) in [6, 6.07) is 9.26. The largest absolute Gasteiger partial charge is 0.496 e. The Morgan fingerprint density at radius 3 is 2.66 bits per heavy atom. The van der Waals surface area contributed by atoms with Crippen LogP contribution in [-0.4, -0.2) is 65.1 Å². The molecular weight excluding hydrogens is 444 g/mol. The number of carbonyl (C=O) groups is 1. The molecule has 1 saturated heterocycles. The molecule has 0 unspecified atom stereocenters. The van der Waals surface area contributed by atoms with Crippen LogP contribution in [0.15, 0.2) is 30.3 Å². The van der Waals surface area contributed by atoms with Crippen molar-refractivity contribution in [3.8, 4) is 17.1 Å². The summed E-state index contributed by atoms with van der Waals surface area (Å²) in [5.41, 5.74) is 10.6. The van der Waals surface area contributed by atoms with Crippen LogP contribution >= 0.6 is 0 Å². The monoisotopic (exact) mass is 474 g/mol. The van der Waals surface area contributed by atoms with Gasteiger partial charge in [-0.05, 0) is 55.6 Å². The Labute approximate surface area is 204 Å². The lowest BCUT2D eigenvalue weighted by atomic mass is 10.00. The standard InChI is InChI=1S/C25H30N8O2/c1-32-12-16(13-32)28-24(34)17-7-6-15(10-21(17)35-3)23-30-25(33(2)31-23)29-20-9-8-19(27)18(11-26)22(20)14-4-5-14/h6-11,14,16,26H,4-5,12-13,27H2,1-3H3,(H,28,34)(H,29,30,31). The molecule has 2 heterocycles. The molecule has 5 rings (SSSR count). The molecule has 2 aliphatic rings. The van der Waals surface area contributed by atoms with Gasteiger partial charge in [-0.25, -0.2) is 4.68 Å². The van der Waals surface area contributed by atoms with Crippen LogP contribution in [0.3, 0.4) is 0 Å². The maximum atomic E-state index is 12.7. The number of hydrogen-bond acceptors (Lipinski definition) is 8. The average molecular weight is 475 g/mol. The lowest BCUT2D eigenvalue weighted by Gasteiger charge is -2.36. The second-order valence-electron chi connectivity index (χ2n) is 9.26. The summed E-state index contributed by atoms with van der Waals surface area (Å²) in [7, 11) is 5.39. The molecule has 0 bridgehead atoms. The molecule has 1 aliphatic heterocycles. The Morgan fingerprint density at radius 2 is 2.00 bits per heavy atom. The third-order valence-electron chi connectivity index (χ3n) is 6.56. The molecule has 0 atom stereocenters. The molecule has 182 valence electrons. The van der Waals surface area contributed by atoms with Gasteiger partial charge in [0.25, 0.3) is 5.91 Å². The first-order valence-corrected chi connectivity index (χ1v) is 11.7. The number of methoxy groups -OCH3 is 1. The molecule has 1 aliphatic carbocycles. The van der Waals surface area contributed by atoms with Crippen molar-refractivity contribution in [2.75, 3.05) is 38.3 Å². The normalized spacial score (nSPS) is 16.0. The number of nitrogens with two attached hydrogens (primary N) is 1. The number of anilines is 3. The first-order chi connectivity index (χ1) is 16.9. The van der Waals surface area contributed by atoms with Gasteiger partial charge in [0.05, 0.1) is 18.7 Å². The molecule has 1 amide bonds. The third kappa shape index (κ3) is 4.44. The summed E-state index contributed by atoms with van der Waals surface area (Å²) >= 11 is 0. The number of nitrogens with zero attached hydrogens (tertiary/aromatic N) is 4. The van der Waals surface area contributed by atoms with Gasteiger partial charge in [-0.1, -0.05) is 6.07 Å². The number of nitrogens with one attached hydrogen (secondary N) is 3. The fraction of sp³-hybridized carbons (Fsp3) is 0.360. The second kappa shape index (κ2) is 9.03. The van der Waals surface area contributed by atoms with Gasteiger partial charge >= 0.3 is 0 Å². The van der Waals surface area contributed by atoms with Gasteiger partial charge < -0.3 is 31.4 Å². The average Bonchev–Trinajstić information content (AvgIpc) is 3.61. The first kappa shape index (κ1) is 22.9. The highest BCUT2D eigenvalue weighted by Gasteiger charge is 2.30. The van der Waals surface area contributed by atoms with Gasteiger partial charge in [-0.3, -0.25) is 4.79 Å². The highest BCUT2D eigenvalue weighted by molar-refractivity contribution is 5.98. The molecule has 1 saturated carbocycles. The predicted molar refractivity (Wildman–Crippen MR) is 136 cm³/mol. The minimum absolute atomic E-state index is 0.152. The number of aromatic nitrogens is 3. The molecule has 0 spiro atoms. The molecular formula is C25H30N8O2. The maximum absolute atomic E-state index is 12.7. The van der Waals surface area contributed by atoms with E-state index in [1.165, 1.54) is 6.21 Å². The highest BCUT2D eigenvalue weighted by Crippen LogP contribution is 2.46. The fourth-order valence-corrected chi connectivity index (χ4v) is 4.54. The number of benzene rings is 2. The van der Waals surface area contributed by atoms with Gasteiger partial charge in [0.2, 0.25) is 5.95 Å². The van der Waals surface area contributed by atoms with Crippen molar-refractivity contribution >= 4 is 29.4 Å². The summed E-state index contributed by atoms with van der Waals surface area (Å²) in [4.78, 5) is 19.6. The number of hydrogen-bond donors (Lipinski definition) is 4. The molecule has 35 heavy (non-hydrogen) atoms. The fourth-order valence-electron chi connectivity index (χ4n) is 4.54. The number of amides is 1. The number of likely N-dealkylation sites (tertiary alicyclic amines) is 1. The van der Waals surface area contributed by atoms with E-state index in [-0.39, 0.29) is 11.9 Å². The summed E-state index contributed by atoms with van der Waals surface area (Å²) < 4.78 is 7.19. The molecule has 5 N–H and O–H groups in total. The zero-order valence-electron chi connectivity index (χ0n) is 20.1. The van der Waals surface area contributed by atoms with Crippen molar-refractivity contribution in [1.29, 1.82) is 5.41 Å². The number of likely N-dealkylation sites (N-methyl/N-ethyl adjacent to an activating group) is 1. The smallest absolute Gasteiger partial charge is 0.255 e. The van der Waals surface area contributed by atoms with Crippen LogP contribution in [0.4, 0.5) is 17.3 Å². The van der Waals surface area contributed by atoms with Crippen LogP contribution in [0.5, 0.6) is 5.75 Å². The van der Waals surface area contributed by atoms with Crippen molar-refractivity contribution < 1.29 is 9.53 Å². The van der Waals surface area contributed by atoms with Crippen molar-refractivity contribution in [2.45, 2.75) is 24.8 Å². The van der Waals surface area contributed by atoms with E-state index in [4.69, 9.17) is 20.9 Å². The SMILES string of the molecule is COc1cc(-c2nc(Nc3ccc(N)c(C=N)c3C3CC3)n(C)n2)ccc1C(=O)NC1CN(C)C1. The Hall–Kier alpha value is -3.92. The maximum Gasteiger partial charge on any atom is 0.255 e. The topological polar surface area (TPSA) is 134 Å². The van der Waals surface area contributed by atoms with Crippen molar-refractivity contribution in [3.05, 3.63) is 47.0 Å². The van der Waals surface area contributed by atoms with Crippen LogP contribution in [-0.2, 0) is 7.05 Å². The molecule has 3 aromatic rings. The molecule has 10 nitrogen and oxygen atoms in total. The Morgan fingerprint density at radius 1 is 1.23 bits per heavy atom. The number of carbonyl (C=O) groups excluding carboxylic acids is 1. The van der Waals surface area contributed by atoms with Gasteiger partial charge in [0.1, 0.15) is 5.75 Å². The van der Waals surface area contributed by atoms with Gasteiger partial charge in [-0.2, -0.15) is 4.98 Å². The Balaban J connectivity index is 1.40. The van der Waals surface area contributed by atoms with E-state index in [1.54, 1.807) is 23.9 Å². The van der Waals surface area contributed by atoms with Crippen molar-refractivity contribution in [2.24, 2.45) is 7.05 Å². The number of ether oxygens (including phenoxy) is 1. The number of nitrogen functional groups attached to an aromatic ring is 1. The molecule has 0 radical (unpaired) electrons. The predicted octanol–water partition coefficient (Wildman–Crippen LogP) is 2.74. The zero-order chi connectivity index (χ0) is 24.7. The Kier molecular flexibility index (Phi) is 5.89. The summed E-state index contributed by atoms with van der Waals surface area (Å²) in [5.74, 6) is 1.79. The van der Waals surface area contributed by atoms with Gasteiger partial charge in [0.15, 0.2) is 5.82 Å². The lowest BCUT2D eigenvalue weighted by Crippen LogP contribution is -2.57. The van der Waals surface area contributed by atoms with Crippen LogP contribution < -0.4 is 21.1 Å². The van der Waals surface area contributed by atoms with E-state index in [9.17, 15) is 4.79 Å². The van der Waals surface area contributed by atoms with Crippen LogP contribution in [0.25, 0.3) is 11.4 Å². The molecule has 10 heteroatoms. The number of aryl methyl sites for hydroxylation is 1. The van der Waals surface area contributed by atoms with Gasteiger partial charge in [0, 0.05) is 48.9 Å². The Bertz CT molecular complexity index is 1290. The minimum atomic E-state index is -0.152. The summed E-state index contributed by atoms with van der Waals surface area (Å²) in [6.45, 7) is 1.69. The van der Waals surface area contributed by atoms with E-state index in [0.717, 1.165) is 48.3 Å². The highest BCUT2D eigenvalue weighted by atomic mass is 16.5. The van der Waals surface area contributed by atoms with E-state index >= 15 is 0 Å². The quantitative estimate of drug-likeness (QED) is 0.291. The summed E-state index contributed by atoms with van der Waals surface area (Å²) in [5, 5.41) is 18.8. The van der Waals surface area contributed by atoms with E-state index < -0.39 is 0 Å². The number of rotatable bonds is 8. The van der Waals surface area contributed by atoms with E-state index in [2.05, 4.69) is 20.6 Å².